The smallest absolute Gasteiger partial charge is 0.317 e. The Morgan fingerprint density at radius 3 is 2.83 bits per heavy atom. The summed E-state index contributed by atoms with van der Waals surface area (Å²) < 4.78 is 0. The number of rotatable bonds is 6. The van der Waals surface area contributed by atoms with Crippen LogP contribution < -0.4 is 10.6 Å². The summed E-state index contributed by atoms with van der Waals surface area (Å²) in [5.74, 6) is 0. The molecule has 2 heterocycles. The Morgan fingerprint density at radius 1 is 1.44 bits per heavy atom. The predicted molar refractivity (Wildman–Crippen MR) is 72.7 cm³/mol. The quantitative estimate of drug-likeness (QED) is 0.724. The highest BCUT2D eigenvalue weighted by Gasteiger charge is 2.23. The van der Waals surface area contributed by atoms with Gasteiger partial charge in [0, 0.05) is 44.8 Å². The standard InChI is InChI=1S/C13H26N4O/c1-11(2)17(10-12-4-3-5-14-12)9-8-16-7-6-15-13(16)18/h11-12,14H,3-10H2,1-2H3,(H,15,18). The average Bonchev–Trinajstić information content (AvgIpc) is 2.96. The van der Waals surface area contributed by atoms with Gasteiger partial charge < -0.3 is 15.5 Å². The summed E-state index contributed by atoms with van der Waals surface area (Å²) in [5, 5.41) is 6.40. The summed E-state index contributed by atoms with van der Waals surface area (Å²) in [6.07, 6.45) is 2.58. The third kappa shape index (κ3) is 3.59. The van der Waals surface area contributed by atoms with Crippen LogP contribution in [-0.4, -0.2) is 67.2 Å². The third-order valence-electron chi connectivity index (χ3n) is 3.95. The number of hydrogen-bond donors (Lipinski definition) is 2. The lowest BCUT2D eigenvalue weighted by atomic mass is 10.2. The lowest BCUT2D eigenvalue weighted by Gasteiger charge is -2.30. The molecule has 5 nitrogen and oxygen atoms in total. The maximum absolute atomic E-state index is 11.5. The second-order valence-electron chi connectivity index (χ2n) is 5.60. The fourth-order valence-electron chi connectivity index (χ4n) is 2.73. The third-order valence-corrected chi connectivity index (χ3v) is 3.95. The molecule has 2 amide bonds. The van der Waals surface area contributed by atoms with Gasteiger partial charge in [0.2, 0.25) is 0 Å². The Labute approximate surface area is 110 Å². The molecule has 1 atom stereocenters. The van der Waals surface area contributed by atoms with Crippen molar-refractivity contribution >= 4 is 6.03 Å². The molecule has 2 rings (SSSR count). The first-order valence-corrected chi connectivity index (χ1v) is 7.17. The number of nitrogens with one attached hydrogen (secondary N) is 2. The van der Waals surface area contributed by atoms with Crippen LogP contribution in [0.1, 0.15) is 26.7 Å². The van der Waals surface area contributed by atoms with E-state index < -0.39 is 0 Å². The van der Waals surface area contributed by atoms with Crippen LogP contribution >= 0.6 is 0 Å². The number of carbonyl (C=O) groups excluding carboxylic acids is 1. The molecule has 18 heavy (non-hydrogen) atoms. The van der Waals surface area contributed by atoms with E-state index in [0.29, 0.717) is 12.1 Å². The van der Waals surface area contributed by atoms with Crippen molar-refractivity contribution in [3.63, 3.8) is 0 Å². The summed E-state index contributed by atoms with van der Waals surface area (Å²) >= 11 is 0. The van der Waals surface area contributed by atoms with E-state index in [2.05, 4.69) is 29.4 Å². The molecule has 0 aromatic carbocycles. The van der Waals surface area contributed by atoms with Gasteiger partial charge in [-0.1, -0.05) is 0 Å². The second kappa shape index (κ2) is 6.38. The molecular weight excluding hydrogens is 228 g/mol. The van der Waals surface area contributed by atoms with Crippen molar-refractivity contribution in [3.8, 4) is 0 Å². The van der Waals surface area contributed by atoms with Crippen LogP contribution in [0.2, 0.25) is 0 Å². The molecule has 0 bridgehead atoms. The molecule has 0 spiro atoms. The minimum atomic E-state index is 0.0951. The normalized spacial score (nSPS) is 24.3. The van der Waals surface area contributed by atoms with Gasteiger partial charge in [0.15, 0.2) is 0 Å². The van der Waals surface area contributed by atoms with E-state index in [1.807, 2.05) is 4.90 Å². The Bertz CT molecular complexity index is 276. The molecule has 2 aliphatic heterocycles. The summed E-state index contributed by atoms with van der Waals surface area (Å²) in [6.45, 7) is 10.2. The first-order chi connectivity index (χ1) is 8.66. The Morgan fingerprint density at radius 2 is 2.28 bits per heavy atom. The topological polar surface area (TPSA) is 47.6 Å². The fourth-order valence-corrected chi connectivity index (χ4v) is 2.73. The van der Waals surface area contributed by atoms with Crippen molar-refractivity contribution in [1.82, 2.24) is 20.4 Å². The van der Waals surface area contributed by atoms with Gasteiger partial charge in [-0.3, -0.25) is 4.90 Å². The van der Waals surface area contributed by atoms with Crippen molar-refractivity contribution < 1.29 is 4.79 Å². The highest BCUT2D eigenvalue weighted by atomic mass is 16.2. The summed E-state index contributed by atoms with van der Waals surface area (Å²) in [7, 11) is 0. The van der Waals surface area contributed by atoms with E-state index in [4.69, 9.17) is 0 Å². The number of nitrogens with zero attached hydrogens (tertiary/aromatic N) is 2. The largest absolute Gasteiger partial charge is 0.336 e. The molecule has 2 aliphatic rings. The van der Waals surface area contributed by atoms with Crippen molar-refractivity contribution in [2.75, 3.05) is 39.3 Å². The minimum absolute atomic E-state index is 0.0951. The molecule has 0 aromatic heterocycles. The number of carbonyl (C=O) groups is 1. The molecule has 0 saturated carbocycles. The van der Waals surface area contributed by atoms with E-state index in [9.17, 15) is 4.79 Å². The second-order valence-corrected chi connectivity index (χ2v) is 5.60. The maximum Gasteiger partial charge on any atom is 0.317 e. The average molecular weight is 254 g/mol. The molecule has 2 N–H and O–H groups in total. The molecule has 1 unspecified atom stereocenters. The van der Waals surface area contributed by atoms with Crippen molar-refractivity contribution in [3.05, 3.63) is 0 Å². The van der Waals surface area contributed by atoms with Crippen LogP contribution in [0.3, 0.4) is 0 Å². The van der Waals surface area contributed by atoms with Crippen molar-refractivity contribution in [2.24, 2.45) is 0 Å². The number of urea groups is 1. The van der Waals surface area contributed by atoms with E-state index in [0.717, 1.165) is 39.3 Å². The van der Waals surface area contributed by atoms with Crippen molar-refractivity contribution in [2.45, 2.75) is 38.8 Å². The van der Waals surface area contributed by atoms with Gasteiger partial charge >= 0.3 is 6.03 Å². The Hall–Kier alpha value is -0.810. The van der Waals surface area contributed by atoms with E-state index in [1.165, 1.54) is 12.8 Å². The molecule has 5 heteroatoms. The van der Waals surface area contributed by atoms with Gasteiger partial charge in [-0.2, -0.15) is 0 Å². The van der Waals surface area contributed by atoms with Crippen LogP contribution in [0.4, 0.5) is 4.79 Å². The van der Waals surface area contributed by atoms with Crippen molar-refractivity contribution in [1.29, 1.82) is 0 Å². The molecule has 0 radical (unpaired) electrons. The first kappa shape index (κ1) is 13.6. The summed E-state index contributed by atoms with van der Waals surface area (Å²) in [4.78, 5) is 15.9. The highest BCUT2D eigenvalue weighted by Crippen LogP contribution is 2.09. The maximum atomic E-state index is 11.5. The monoisotopic (exact) mass is 254 g/mol. The minimum Gasteiger partial charge on any atom is -0.336 e. The molecule has 104 valence electrons. The van der Waals surface area contributed by atoms with Crippen LogP contribution in [0.15, 0.2) is 0 Å². The Kier molecular flexibility index (Phi) is 4.83. The zero-order valence-electron chi connectivity index (χ0n) is 11.6. The van der Waals surface area contributed by atoms with Crippen LogP contribution in [0.25, 0.3) is 0 Å². The van der Waals surface area contributed by atoms with Gasteiger partial charge in [0.1, 0.15) is 0 Å². The van der Waals surface area contributed by atoms with Crippen LogP contribution in [0, 0.1) is 0 Å². The first-order valence-electron chi connectivity index (χ1n) is 7.17. The molecule has 2 fully saturated rings. The molecule has 0 aromatic rings. The lowest BCUT2D eigenvalue weighted by Crippen LogP contribution is -2.45. The lowest BCUT2D eigenvalue weighted by molar-refractivity contribution is 0.173. The zero-order valence-corrected chi connectivity index (χ0v) is 11.6. The summed E-state index contributed by atoms with van der Waals surface area (Å²) in [5.41, 5.74) is 0. The van der Waals surface area contributed by atoms with Gasteiger partial charge in [-0.05, 0) is 33.2 Å². The molecule has 0 aliphatic carbocycles. The number of hydrogen-bond acceptors (Lipinski definition) is 3. The van der Waals surface area contributed by atoms with Gasteiger partial charge in [-0.25, -0.2) is 4.79 Å². The van der Waals surface area contributed by atoms with Gasteiger partial charge in [-0.15, -0.1) is 0 Å². The fraction of sp³-hybridized carbons (Fsp3) is 0.923. The van der Waals surface area contributed by atoms with Crippen LogP contribution in [0.5, 0.6) is 0 Å². The Balaban J connectivity index is 1.76. The molecule has 2 saturated heterocycles. The van der Waals surface area contributed by atoms with E-state index >= 15 is 0 Å². The van der Waals surface area contributed by atoms with Crippen LogP contribution in [-0.2, 0) is 0 Å². The number of amides is 2. The predicted octanol–water partition coefficient (Wildman–Crippen LogP) is 0.474. The zero-order chi connectivity index (χ0) is 13.0. The van der Waals surface area contributed by atoms with Gasteiger partial charge in [0.25, 0.3) is 0 Å². The highest BCUT2D eigenvalue weighted by molar-refractivity contribution is 5.76. The van der Waals surface area contributed by atoms with E-state index in [1.54, 1.807) is 0 Å². The van der Waals surface area contributed by atoms with Gasteiger partial charge in [0.05, 0.1) is 0 Å². The summed E-state index contributed by atoms with van der Waals surface area (Å²) in [6, 6.07) is 1.27. The molecular formula is C13H26N4O. The van der Waals surface area contributed by atoms with E-state index in [-0.39, 0.29) is 6.03 Å². The SMILES string of the molecule is CC(C)N(CCN1CCNC1=O)CC1CCCN1.